The average Bonchev–Trinajstić information content (AvgIpc) is 2.98. The highest BCUT2D eigenvalue weighted by Gasteiger charge is 2.25. The Morgan fingerprint density at radius 3 is 2.96 bits per heavy atom. The van der Waals surface area contributed by atoms with E-state index in [4.69, 9.17) is 11.6 Å². The zero-order valence-electron chi connectivity index (χ0n) is 14.8. The van der Waals surface area contributed by atoms with Crippen LogP contribution in [-0.4, -0.2) is 43.7 Å². The van der Waals surface area contributed by atoms with E-state index >= 15 is 0 Å². The highest BCUT2D eigenvalue weighted by molar-refractivity contribution is 14.0. The van der Waals surface area contributed by atoms with E-state index < -0.39 is 0 Å². The van der Waals surface area contributed by atoms with E-state index in [0.29, 0.717) is 11.1 Å². The van der Waals surface area contributed by atoms with Crippen molar-refractivity contribution >= 4 is 47.4 Å². The number of halogens is 2. The number of pyridine rings is 1. The molecular formula is C17H29ClIN5. The Kier molecular flexibility index (Phi) is 9.73. The number of nitrogens with zero attached hydrogens (tertiary/aromatic N) is 3. The molecule has 0 spiro atoms. The molecule has 2 heterocycles. The van der Waals surface area contributed by atoms with Crippen LogP contribution in [0.4, 0.5) is 5.82 Å². The van der Waals surface area contributed by atoms with Gasteiger partial charge in [-0.15, -0.1) is 24.0 Å². The third-order valence-electron chi connectivity index (χ3n) is 4.04. The quantitative estimate of drug-likeness (QED) is 0.292. The summed E-state index contributed by atoms with van der Waals surface area (Å²) >= 11 is 6.23. The van der Waals surface area contributed by atoms with Crippen molar-refractivity contribution in [3.63, 3.8) is 0 Å². The lowest BCUT2D eigenvalue weighted by Crippen LogP contribution is -2.45. The van der Waals surface area contributed by atoms with Crippen molar-refractivity contribution in [1.29, 1.82) is 0 Å². The zero-order valence-corrected chi connectivity index (χ0v) is 17.8. The van der Waals surface area contributed by atoms with Crippen molar-refractivity contribution in [2.75, 3.05) is 31.6 Å². The number of guanidine groups is 1. The monoisotopic (exact) mass is 465 g/mol. The lowest BCUT2D eigenvalue weighted by molar-refractivity contribution is 0.546. The number of aliphatic imine (C=N–C) groups is 1. The van der Waals surface area contributed by atoms with Crippen LogP contribution in [0.15, 0.2) is 23.3 Å². The average molecular weight is 466 g/mol. The molecule has 2 N–H and O–H groups in total. The van der Waals surface area contributed by atoms with Gasteiger partial charge in [-0.1, -0.05) is 25.4 Å². The molecular weight excluding hydrogens is 437 g/mol. The van der Waals surface area contributed by atoms with Crippen LogP contribution in [0.25, 0.3) is 0 Å². The molecule has 1 saturated heterocycles. The fourth-order valence-electron chi connectivity index (χ4n) is 2.79. The normalized spacial score (nSPS) is 17.8. The molecule has 1 aromatic rings. The lowest BCUT2D eigenvalue weighted by atomic mass is 10.1. The molecule has 1 aliphatic heterocycles. The predicted octanol–water partition coefficient (Wildman–Crippen LogP) is 3.53. The molecule has 0 radical (unpaired) electrons. The maximum absolute atomic E-state index is 6.23. The maximum Gasteiger partial charge on any atom is 0.191 e. The fraction of sp³-hybridized carbons (Fsp3) is 0.647. The van der Waals surface area contributed by atoms with Crippen LogP contribution in [0.5, 0.6) is 0 Å². The molecule has 0 saturated carbocycles. The van der Waals surface area contributed by atoms with Crippen LogP contribution in [0.2, 0.25) is 5.02 Å². The number of hydrogen-bond acceptors (Lipinski definition) is 3. The van der Waals surface area contributed by atoms with Crippen molar-refractivity contribution < 1.29 is 0 Å². The second kappa shape index (κ2) is 11.0. The fourth-order valence-corrected chi connectivity index (χ4v) is 3.03. The van der Waals surface area contributed by atoms with Gasteiger partial charge in [0.1, 0.15) is 5.82 Å². The minimum atomic E-state index is 0. The van der Waals surface area contributed by atoms with Crippen molar-refractivity contribution in [3.8, 4) is 0 Å². The molecule has 1 unspecified atom stereocenters. The third kappa shape index (κ3) is 6.63. The minimum absolute atomic E-state index is 0. The van der Waals surface area contributed by atoms with Gasteiger partial charge >= 0.3 is 0 Å². The Morgan fingerprint density at radius 1 is 1.50 bits per heavy atom. The van der Waals surface area contributed by atoms with E-state index in [-0.39, 0.29) is 24.0 Å². The van der Waals surface area contributed by atoms with Crippen LogP contribution in [-0.2, 0) is 0 Å². The highest BCUT2D eigenvalue weighted by atomic mass is 127. The molecule has 2 rings (SSSR count). The zero-order chi connectivity index (χ0) is 16.7. The second-order valence-electron chi connectivity index (χ2n) is 6.42. The summed E-state index contributed by atoms with van der Waals surface area (Å²) in [5, 5.41) is 7.61. The first-order chi connectivity index (χ1) is 11.1. The van der Waals surface area contributed by atoms with E-state index in [1.165, 1.54) is 12.8 Å². The van der Waals surface area contributed by atoms with Crippen LogP contribution in [0, 0.1) is 5.92 Å². The molecule has 0 bridgehead atoms. The van der Waals surface area contributed by atoms with Gasteiger partial charge in [-0.2, -0.15) is 0 Å². The summed E-state index contributed by atoms with van der Waals surface area (Å²) in [5.74, 6) is 2.50. The van der Waals surface area contributed by atoms with Crippen molar-refractivity contribution in [3.05, 3.63) is 23.4 Å². The van der Waals surface area contributed by atoms with Crippen LogP contribution >= 0.6 is 35.6 Å². The number of anilines is 1. The highest BCUT2D eigenvalue weighted by Crippen LogP contribution is 2.25. The second-order valence-corrected chi connectivity index (χ2v) is 6.83. The van der Waals surface area contributed by atoms with Gasteiger partial charge in [0.05, 0.1) is 5.02 Å². The summed E-state index contributed by atoms with van der Waals surface area (Å²) in [6, 6.07) is 4.12. The van der Waals surface area contributed by atoms with Crippen LogP contribution < -0.4 is 15.5 Å². The molecule has 24 heavy (non-hydrogen) atoms. The molecule has 0 aliphatic carbocycles. The Labute approximate surface area is 167 Å². The third-order valence-corrected chi connectivity index (χ3v) is 4.34. The first kappa shape index (κ1) is 21.3. The van der Waals surface area contributed by atoms with Gasteiger partial charge in [-0.05, 0) is 37.3 Å². The van der Waals surface area contributed by atoms with E-state index in [9.17, 15) is 0 Å². The van der Waals surface area contributed by atoms with Crippen LogP contribution in [0.1, 0.15) is 33.1 Å². The van der Waals surface area contributed by atoms with Gasteiger partial charge in [-0.3, -0.25) is 4.99 Å². The molecule has 0 amide bonds. The summed E-state index contributed by atoms with van der Waals surface area (Å²) < 4.78 is 0. The Balaban J connectivity index is 0.00000288. The standard InChI is InChI=1S/C17H28ClN5.HI/c1-13(2)6-4-10-21-17(19-3)22-14-8-11-23(12-14)16-15(18)7-5-9-20-16;/h5,7,9,13-14H,4,6,8,10-12H2,1-3H3,(H2,19,21,22);1H. The number of aromatic nitrogens is 1. The van der Waals surface area contributed by atoms with Gasteiger partial charge in [0.15, 0.2) is 5.96 Å². The summed E-state index contributed by atoms with van der Waals surface area (Å²) in [5.41, 5.74) is 0. The Bertz CT molecular complexity index is 523. The summed E-state index contributed by atoms with van der Waals surface area (Å²) in [6.45, 7) is 7.31. The topological polar surface area (TPSA) is 52.6 Å². The van der Waals surface area contributed by atoms with E-state index in [1.54, 1.807) is 6.20 Å². The van der Waals surface area contributed by atoms with Crippen molar-refractivity contribution in [2.45, 2.75) is 39.2 Å². The van der Waals surface area contributed by atoms with Gasteiger partial charge in [0, 0.05) is 38.9 Å². The number of nitrogens with one attached hydrogen (secondary N) is 2. The van der Waals surface area contributed by atoms with Crippen molar-refractivity contribution in [2.24, 2.45) is 10.9 Å². The molecule has 1 fully saturated rings. The SMILES string of the molecule is CN=C(NCCCC(C)C)NC1CCN(c2ncccc2Cl)C1.I. The molecule has 1 aliphatic rings. The maximum atomic E-state index is 6.23. The number of rotatable bonds is 6. The lowest BCUT2D eigenvalue weighted by Gasteiger charge is -2.20. The molecule has 1 atom stereocenters. The van der Waals surface area contributed by atoms with Crippen molar-refractivity contribution in [1.82, 2.24) is 15.6 Å². The van der Waals surface area contributed by atoms with E-state index in [2.05, 4.69) is 39.4 Å². The molecule has 0 aromatic carbocycles. The molecule has 5 nitrogen and oxygen atoms in total. The smallest absolute Gasteiger partial charge is 0.191 e. The molecule has 7 heteroatoms. The predicted molar refractivity (Wildman–Crippen MR) is 114 cm³/mol. The van der Waals surface area contributed by atoms with E-state index in [0.717, 1.165) is 43.8 Å². The van der Waals surface area contributed by atoms with Gasteiger partial charge < -0.3 is 15.5 Å². The molecule has 136 valence electrons. The summed E-state index contributed by atoms with van der Waals surface area (Å²) in [4.78, 5) is 10.9. The largest absolute Gasteiger partial charge is 0.356 e. The van der Waals surface area contributed by atoms with E-state index in [1.807, 2.05) is 19.2 Å². The first-order valence-corrected chi connectivity index (χ1v) is 8.80. The minimum Gasteiger partial charge on any atom is -0.356 e. The Morgan fingerprint density at radius 2 is 2.29 bits per heavy atom. The Hall–Kier alpha value is -0.760. The molecule has 1 aromatic heterocycles. The number of hydrogen-bond donors (Lipinski definition) is 2. The first-order valence-electron chi connectivity index (χ1n) is 8.42. The van der Waals surface area contributed by atoms with Crippen LogP contribution in [0.3, 0.4) is 0 Å². The summed E-state index contributed by atoms with van der Waals surface area (Å²) in [7, 11) is 1.82. The summed E-state index contributed by atoms with van der Waals surface area (Å²) in [6.07, 6.45) is 5.24. The van der Waals surface area contributed by atoms with Gasteiger partial charge in [0.25, 0.3) is 0 Å². The van der Waals surface area contributed by atoms with Gasteiger partial charge in [-0.25, -0.2) is 4.98 Å². The van der Waals surface area contributed by atoms with Gasteiger partial charge in [0.2, 0.25) is 0 Å².